The number of nitrogens with zero attached hydrogens (tertiary/aromatic N) is 1. The van der Waals surface area contributed by atoms with Crippen molar-refractivity contribution >= 4 is 17.7 Å². The van der Waals surface area contributed by atoms with Gasteiger partial charge in [-0.2, -0.15) is 0 Å². The Labute approximate surface area is 118 Å². The standard InChI is InChI=1S/C15H20FNOS/c1-11(2)9-17(13-5-6-13)15(18)10-19-14-7-3-12(16)4-8-14/h3-4,7-8,11,13H,5-6,9-10H2,1-2H3. The molecule has 0 spiro atoms. The summed E-state index contributed by atoms with van der Waals surface area (Å²) in [5.41, 5.74) is 0. The Morgan fingerprint density at radius 1 is 1.37 bits per heavy atom. The Balaban J connectivity index is 1.86. The number of carbonyl (C=O) groups is 1. The lowest BCUT2D eigenvalue weighted by Crippen LogP contribution is -2.37. The SMILES string of the molecule is CC(C)CN(C(=O)CSc1ccc(F)cc1)C1CC1. The van der Waals surface area contributed by atoms with Gasteiger partial charge < -0.3 is 4.90 Å². The quantitative estimate of drug-likeness (QED) is 0.743. The monoisotopic (exact) mass is 281 g/mol. The van der Waals surface area contributed by atoms with E-state index in [-0.39, 0.29) is 11.7 Å². The van der Waals surface area contributed by atoms with E-state index in [0.29, 0.717) is 17.7 Å². The minimum Gasteiger partial charge on any atom is -0.339 e. The lowest BCUT2D eigenvalue weighted by atomic mass is 10.2. The van der Waals surface area contributed by atoms with Crippen molar-refractivity contribution in [3.63, 3.8) is 0 Å². The number of halogens is 1. The second-order valence-electron chi connectivity index (χ2n) is 5.41. The molecule has 19 heavy (non-hydrogen) atoms. The average Bonchev–Trinajstić information content (AvgIpc) is 3.19. The van der Waals surface area contributed by atoms with E-state index in [9.17, 15) is 9.18 Å². The first-order valence-electron chi connectivity index (χ1n) is 6.74. The molecule has 104 valence electrons. The summed E-state index contributed by atoms with van der Waals surface area (Å²) in [6.45, 7) is 5.11. The first-order valence-corrected chi connectivity index (χ1v) is 7.72. The van der Waals surface area contributed by atoms with Crippen molar-refractivity contribution < 1.29 is 9.18 Å². The van der Waals surface area contributed by atoms with Crippen molar-refractivity contribution in [1.82, 2.24) is 4.90 Å². The highest BCUT2D eigenvalue weighted by Crippen LogP contribution is 2.29. The molecule has 0 heterocycles. The van der Waals surface area contributed by atoms with Crippen molar-refractivity contribution in [3.8, 4) is 0 Å². The molecule has 0 aromatic heterocycles. The fourth-order valence-corrected chi connectivity index (χ4v) is 2.78. The van der Waals surface area contributed by atoms with Crippen LogP contribution in [0, 0.1) is 11.7 Å². The lowest BCUT2D eigenvalue weighted by Gasteiger charge is -2.24. The number of hydrogen-bond acceptors (Lipinski definition) is 2. The number of hydrogen-bond donors (Lipinski definition) is 0. The van der Waals surface area contributed by atoms with Gasteiger partial charge in [-0.05, 0) is 43.0 Å². The number of thioether (sulfide) groups is 1. The molecule has 4 heteroatoms. The van der Waals surface area contributed by atoms with E-state index in [2.05, 4.69) is 13.8 Å². The third-order valence-electron chi connectivity index (χ3n) is 3.05. The Hall–Kier alpha value is -1.03. The smallest absolute Gasteiger partial charge is 0.233 e. The van der Waals surface area contributed by atoms with E-state index < -0.39 is 0 Å². The Morgan fingerprint density at radius 2 is 2.00 bits per heavy atom. The van der Waals surface area contributed by atoms with E-state index in [0.717, 1.165) is 24.3 Å². The molecule has 1 aliphatic carbocycles. The molecule has 0 bridgehead atoms. The Kier molecular flexibility index (Phi) is 4.86. The molecule has 0 unspecified atom stereocenters. The predicted molar refractivity (Wildman–Crippen MR) is 76.7 cm³/mol. The zero-order chi connectivity index (χ0) is 13.8. The number of amides is 1. The molecule has 1 aromatic carbocycles. The summed E-state index contributed by atoms with van der Waals surface area (Å²) in [5, 5.41) is 0. The number of rotatable bonds is 6. The normalized spacial score (nSPS) is 14.7. The molecule has 0 N–H and O–H groups in total. The van der Waals surface area contributed by atoms with Crippen molar-refractivity contribution in [2.45, 2.75) is 37.6 Å². The minimum atomic E-state index is -0.241. The van der Waals surface area contributed by atoms with Crippen LogP contribution in [0.4, 0.5) is 4.39 Å². The fourth-order valence-electron chi connectivity index (χ4n) is 1.99. The van der Waals surface area contributed by atoms with Crippen molar-refractivity contribution in [1.29, 1.82) is 0 Å². The highest BCUT2D eigenvalue weighted by atomic mass is 32.2. The molecule has 1 aromatic rings. The topological polar surface area (TPSA) is 20.3 Å². The number of carbonyl (C=O) groups excluding carboxylic acids is 1. The van der Waals surface area contributed by atoms with Gasteiger partial charge in [-0.15, -0.1) is 11.8 Å². The summed E-state index contributed by atoms with van der Waals surface area (Å²) in [6.07, 6.45) is 2.28. The van der Waals surface area contributed by atoms with Crippen LogP contribution in [-0.2, 0) is 4.79 Å². The van der Waals surface area contributed by atoms with E-state index in [1.165, 1.54) is 23.9 Å². The molecule has 1 amide bonds. The predicted octanol–water partition coefficient (Wildman–Crippen LogP) is 3.56. The van der Waals surface area contributed by atoms with Crippen LogP contribution in [0.3, 0.4) is 0 Å². The van der Waals surface area contributed by atoms with Gasteiger partial charge in [0.05, 0.1) is 5.75 Å². The van der Waals surface area contributed by atoms with Gasteiger partial charge in [0.2, 0.25) is 5.91 Å². The summed E-state index contributed by atoms with van der Waals surface area (Å²) in [4.78, 5) is 15.2. The van der Waals surface area contributed by atoms with Crippen LogP contribution < -0.4 is 0 Å². The van der Waals surface area contributed by atoms with Crippen molar-refractivity contribution in [2.75, 3.05) is 12.3 Å². The van der Waals surface area contributed by atoms with Gasteiger partial charge in [-0.3, -0.25) is 4.79 Å². The van der Waals surface area contributed by atoms with E-state index in [1.54, 1.807) is 12.1 Å². The van der Waals surface area contributed by atoms with Crippen LogP contribution >= 0.6 is 11.8 Å². The van der Waals surface area contributed by atoms with Crippen LogP contribution in [0.1, 0.15) is 26.7 Å². The van der Waals surface area contributed by atoms with E-state index in [4.69, 9.17) is 0 Å². The zero-order valence-electron chi connectivity index (χ0n) is 11.4. The molecule has 1 aliphatic rings. The third kappa shape index (κ3) is 4.53. The fraction of sp³-hybridized carbons (Fsp3) is 0.533. The van der Waals surface area contributed by atoms with Crippen molar-refractivity contribution in [3.05, 3.63) is 30.1 Å². The van der Waals surface area contributed by atoms with Gasteiger partial charge in [-0.25, -0.2) is 4.39 Å². The molecular formula is C15H20FNOS. The maximum absolute atomic E-state index is 12.8. The second kappa shape index (κ2) is 6.42. The summed E-state index contributed by atoms with van der Waals surface area (Å²) >= 11 is 1.48. The largest absolute Gasteiger partial charge is 0.339 e. The van der Waals surface area contributed by atoms with Gasteiger partial charge in [0.25, 0.3) is 0 Å². The molecule has 0 saturated heterocycles. The first-order chi connectivity index (χ1) is 9.06. The average molecular weight is 281 g/mol. The maximum Gasteiger partial charge on any atom is 0.233 e. The highest BCUT2D eigenvalue weighted by molar-refractivity contribution is 8.00. The number of benzene rings is 1. The first kappa shape index (κ1) is 14.4. The zero-order valence-corrected chi connectivity index (χ0v) is 12.3. The van der Waals surface area contributed by atoms with Crippen molar-refractivity contribution in [2.24, 2.45) is 5.92 Å². The summed E-state index contributed by atoms with van der Waals surface area (Å²) in [5.74, 6) is 0.899. The third-order valence-corrected chi connectivity index (χ3v) is 4.04. The molecule has 0 radical (unpaired) electrons. The minimum absolute atomic E-state index is 0.200. The van der Waals surface area contributed by atoms with Crippen LogP contribution in [-0.4, -0.2) is 29.1 Å². The summed E-state index contributed by atoms with van der Waals surface area (Å²) in [6, 6.07) is 6.76. The molecule has 2 nitrogen and oxygen atoms in total. The van der Waals surface area contributed by atoms with E-state index >= 15 is 0 Å². The summed E-state index contributed by atoms with van der Waals surface area (Å²) < 4.78 is 12.8. The van der Waals surface area contributed by atoms with Gasteiger partial charge >= 0.3 is 0 Å². The van der Waals surface area contributed by atoms with Gasteiger partial charge in [0, 0.05) is 17.5 Å². The highest BCUT2D eigenvalue weighted by Gasteiger charge is 2.32. The van der Waals surface area contributed by atoms with Crippen LogP contribution in [0.2, 0.25) is 0 Å². The maximum atomic E-state index is 12.8. The molecule has 1 fully saturated rings. The van der Waals surface area contributed by atoms with E-state index in [1.807, 2.05) is 4.90 Å². The van der Waals surface area contributed by atoms with Gasteiger partial charge in [-0.1, -0.05) is 13.8 Å². The lowest BCUT2D eigenvalue weighted by molar-refractivity contribution is -0.129. The molecule has 0 aliphatic heterocycles. The van der Waals surface area contributed by atoms with Gasteiger partial charge in [0.1, 0.15) is 5.82 Å². The second-order valence-corrected chi connectivity index (χ2v) is 6.46. The Bertz CT molecular complexity index is 428. The molecule has 2 rings (SSSR count). The molecular weight excluding hydrogens is 261 g/mol. The van der Waals surface area contributed by atoms with Crippen LogP contribution in [0.25, 0.3) is 0 Å². The molecule has 1 saturated carbocycles. The van der Waals surface area contributed by atoms with Crippen LogP contribution in [0.15, 0.2) is 29.2 Å². The molecule has 0 atom stereocenters. The van der Waals surface area contributed by atoms with Crippen LogP contribution in [0.5, 0.6) is 0 Å². The van der Waals surface area contributed by atoms with Gasteiger partial charge in [0.15, 0.2) is 0 Å². The Morgan fingerprint density at radius 3 is 2.53 bits per heavy atom. The summed E-state index contributed by atoms with van der Waals surface area (Å²) in [7, 11) is 0.